The van der Waals surface area contributed by atoms with E-state index in [1.807, 2.05) is 0 Å². The van der Waals surface area contributed by atoms with E-state index >= 15 is 0 Å². The molecule has 1 amide bonds. The average molecular weight is 329 g/mol. The van der Waals surface area contributed by atoms with Crippen molar-refractivity contribution in [3.63, 3.8) is 0 Å². The Hall–Kier alpha value is -2.21. The number of hydrogen-bond acceptors (Lipinski definition) is 2. The Balaban J connectivity index is 1.91. The summed E-state index contributed by atoms with van der Waals surface area (Å²) in [7, 11) is 0. The minimum atomic E-state index is -4.39. The molecule has 2 rings (SSSR count). The smallest absolute Gasteiger partial charge is 0.375 e. The quantitative estimate of drug-likeness (QED) is 0.873. The third-order valence-electron chi connectivity index (χ3n) is 2.81. The van der Waals surface area contributed by atoms with Crippen LogP contribution in [0.15, 0.2) is 48.5 Å². The Bertz CT molecular complexity index is 657. The van der Waals surface area contributed by atoms with E-state index in [1.165, 1.54) is 12.1 Å². The number of benzene rings is 2. The number of halogens is 4. The van der Waals surface area contributed by atoms with Crippen LogP contribution < -0.4 is 10.6 Å². The minimum absolute atomic E-state index is 0.0508. The van der Waals surface area contributed by atoms with E-state index in [9.17, 15) is 18.0 Å². The van der Waals surface area contributed by atoms with Gasteiger partial charge in [-0.25, -0.2) is 0 Å². The first-order valence-corrected chi connectivity index (χ1v) is 6.69. The Labute approximate surface area is 130 Å². The number of nitrogens with one attached hydrogen (secondary N) is 2. The summed E-state index contributed by atoms with van der Waals surface area (Å²) < 4.78 is 37.3. The van der Waals surface area contributed by atoms with Gasteiger partial charge in [-0.1, -0.05) is 23.7 Å². The highest BCUT2D eigenvalue weighted by Gasteiger charge is 2.29. The molecular formula is C15H12ClF3N2O. The zero-order chi connectivity index (χ0) is 16.2. The lowest BCUT2D eigenvalue weighted by atomic mass is 10.2. The molecule has 0 saturated heterocycles. The Kier molecular flexibility index (Phi) is 4.92. The fourth-order valence-electron chi connectivity index (χ4n) is 1.73. The summed E-state index contributed by atoms with van der Waals surface area (Å²) >= 11 is 5.93. The fourth-order valence-corrected chi connectivity index (χ4v) is 1.93. The molecule has 2 N–H and O–H groups in total. The maximum atomic E-state index is 12.4. The van der Waals surface area contributed by atoms with Crippen molar-refractivity contribution in [1.29, 1.82) is 0 Å². The highest BCUT2D eigenvalue weighted by atomic mass is 35.5. The van der Waals surface area contributed by atoms with E-state index in [0.717, 1.165) is 12.1 Å². The number of anilines is 2. The lowest BCUT2D eigenvalue weighted by molar-refractivity contribution is -0.137. The van der Waals surface area contributed by atoms with Crippen molar-refractivity contribution in [2.24, 2.45) is 0 Å². The van der Waals surface area contributed by atoms with Gasteiger partial charge in [-0.15, -0.1) is 0 Å². The van der Waals surface area contributed by atoms with E-state index in [1.54, 1.807) is 24.3 Å². The molecule has 0 aliphatic heterocycles. The van der Waals surface area contributed by atoms with Crippen LogP contribution in [0.4, 0.5) is 24.5 Å². The zero-order valence-electron chi connectivity index (χ0n) is 11.2. The Morgan fingerprint density at radius 2 is 1.68 bits per heavy atom. The number of amides is 1. The number of alkyl halides is 3. The van der Waals surface area contributed by atoms with Crippen molar-refractivity contribution in [2.75, 3.05) is 17.2 Å². The van der Waals surface area contributed by atoms with Crippen molar-refractivity contribution < 1.29 is 18.0 Å². The molecule has 0 aliphatic rings. The lowest BCUT2D eigenvalue weighted by Gasteiger charge is -2.10. The highest BCUT2D eigenvalue weighted by Crippen LogP contribution is 2.29. The second-order valence-corrected chi connectivity index (χ2v) is 4.86. The van der Waals surface area contributed by atoms with Gasteiger partial charge in [0.25, 0.3) is 0 Å². The largest absolute Gasteiger partial charge is 0.416 e. The molecule has 0 unspecified atom stereocenters. The van der Waals surface area contributed by atoms with Crippen molar-refractivity contribution >= 4 is 28.9 Å². The van der Waals surface area contributed by atoms with Crippen molar-refractivity contribution in [1.82, 2.24) is 0 Å². The molecule has 2 aromatic carbocycles. The van der Waals surface area contributed by atoms with Crippen LogP contribution in [0.25, 0.3) is 0 Å². The molecule has 0 spiro atoms. The van der Waals surface area contributed by atoms with Gasteiger partial charge in [-0.2, -0.15) is 13.2 Å². The number of carbonyl (C=O) groups excluding carboxylic acids is 1. The second kappa shape index (κ2) is 6.70. The summed E-state index contributed by atoms with van der Waals surface area (Å²) in [5, 5.41) is 5.82. The first kappa shape index (κ1) is 16.2. The molecule has 7 heteroatoms. The number of hydrogen-bond donors (Lipinski definition) is 2. The summed E-state index contributed by atoms with van der Waals surface area (Å²) in [6, 6.07) is 11.2. The molecule has 0 fully saturated rings. The maximum absolute atomic E-state index is 12.4. The molecule has 0 aliphatic carbocycles. The zero-order valence-corrected chi connectivity index (χ0v) is 12.0. The first-order valence-electron chi connectivity index (χ1n) is 6.32. The SMILES string of the molecule is O=C(CNc1ccccc1Cl)Nc1ccc(C(F)(F)F)cc1. The molecule has 0 aromatic heterocycles. The topological polar surface area (TPSA) is 41.1 Å². The lowest BCUT2D eigenvalue weighted by Crippen LogP contribution is -2.21. The second-order valence-electron chi connectivity index (χ2n) is 4.46. The van der Waals surface area contributed by atoms with Gasteiger partial charge in [-0.05, 0) is 36.4 Å². The van der Waals surface area contributed by atoms with E-state index in [2.05, 4.69) is 10.6 Å². The molecule has 22 heavy (non-hydrogen) atoms. The predicted molar refractivity (Wildman–Crippen MR) is 80.0 cm³/mol. The molecule has 0 bridgehead atoms. The monoisotopic (exact) mass is 328 g/mol. The van der Waals surface area contributed by atoms with Crippen molar-refractivity contribution in [2.45, 2.75) is 6.18 Å². The van der Waals surface area contributed by atoms with E-state index in [4.69, 9.17) is 11.6 Å². The van der Waals surface area contributed by atoms with Crippen molar-refractivity contribution in [3.8, 4) is 0 Å². The third kappa shape index (κ3) is 4.39. The molecular weight excluding hydrogens is 317 g/mol. The van der Waals surface area contributed by atoms with Gasteiger partial charge in [0, 0.05) is 5.69 Å². The van der Waals surface area contributed by atoms with E-state index in [-0.39, 0.29) is 12.5 Å². The molecule has 0 saturated carbocycles. The standard InChI is InChI=1S/C15H12ClF3N2O/c16-12-3-1-2-4-13(12)20-9-14(22)21-11-7-5-10(6-8-11)15(17,18)19/h1-8,20H,9H2,(H,21,22). The average Bonchev–Trinajstić information content (AvgIpc) is 2.46. The first-order chi connectivity index (χ1) is 10.4. The van der Waals surface area contributed by atoms with Gasteiger partial charge in [-0.3, -0.25) is 4.79 Å². The number of carbonyl (C=O) groups is 1. The molecule has 0 atom stereocenters. The van der Waals surface area contributed by atoms with Gasteiger partial charge >= 0.3 is 6.18 Å². The highest BCUT2D eigenvalue weighted by molar-refractivity contribution is 6.33. The number of rotatable bonds is 4. The van der Waals surface area contributed by atoms with Crippen LogP contribution in [0.3, 0.4) is 0 Å². The van der Waals surface area contributed by atoms with Crippen LogP contribution in [-0.4, -0.2) is 12.5 Å². The molecule has 0 radical (unpaired) electrons. The van der Waals surface area contributed by atoms with Crippen molar-refractivity contribution in [3.05, 3.63) is 59.1 Å². The molecule has 3 nitrogen and oxygen atoms in total. The Morgan fingerprint density at radius 1 is 1.05 bits per heavy atom. The summed E-state index contributed by atoms with van der Waals surface area (Å²) in [5.74, 6) is -0.389. The maximum Gasteiger partial charge on any atom is 0.416 e. The Morgan fingerprint density at radius 3 is 2.27 bits per heavy atom. The number of para-hydroxylation sites is 1. The van der Waals surface area contributed by atoms with Gasteiger partial charge < -0.3 is 10.6 Å². The normalized spacial score (nSPS) is 11.1. The summed E-state index contributed by atoms with van der Waals surface area (Å²) in [4.78, 5) is 11.7. The van der Waals surface area contributed by atoms with Crippen LogP contribution in [0, 0.1) is 0 Å². The van der Waals surface area contributed by atoms with Gasteiger partial charge in [0.1, 0.15) is 0 Å². The minimum Gasteiger partial charge on any atom is -0.375 e. The molecule has 116 valence electrons. The van der Waals surface area contributed by atoms with E-state index in [0.29, 0.717) is 16.4 Å². The van der Waals surface area contributed by atoms with Gasteiger partial charge in [0.2, 0.25) is 5.91 Å². The fraction of sp³-hybridized carbons (Fsp3) is 0.133. The summed E-state index contributed by atoms with van der Waals surface area (Å²) in [5.41, 5.74) is 0.130. The molecule has 2 aromatic rings. The van der Waals surface area contributed by atoms with Crippen LogP contribution in [0.5, 0.6) is 0 Å². The summed E-state index contributed by atoms with van der Waals surface area (Å²) in [6.07, 6.45) is -4.39. The van der Waals surface area contributed by atoms with Crippen LogP contribution in [-0.2, 0) is 11.0 Å². The van der Waals surface area contributed by atoms with Crippen LogP contribution >= 0.6 is 11.6 Å². The third-order valence-corrected chi connectivity index (χ3v) is 3.14. The predicted octanol–water partition coefficient (Wildman–Crippen LogP) is 4.41. The van der Waals surface area contributed by atoms with E-state index < -0.39 is 11.7 Å². The van der Waals surface area contributed by atoms with Crippen LogP contribution in [0.2, 0.25) is 5.02 Å². The van der Waals surface area contributed by atoms with Gasteiger partial charge in [0.05, 0.1) is 22.8 Å². The molecule has 0 heterocycles. The van der Waals surface area contributed by atoms with Crippen LogP contribution in [0.1, 0.15) is 5.56 Å². The van der Waals surface area contributed by atoms with Gasteiger partial charge in [0.15, 0.2) is 0 Å². The summed E-state index contributed by atoms with van der Waals surface area (Å²) in [6.45, 7) is -0.0508.